The number of ether oxygens (including phenoxy) is 1. The summed E-state index contributed by atoms with van der Waals surface area (Å²) in [6.07, 6.45) is 1.31. The van der Waals surface area contributed by atoms with Crippen molar-refractivity contribution in [1.82, 2.24) is 0 Å². The third kappa shape index (κ3) is 6.10. The number of methoxy groups -OCH3 is 1. The van der Waals surface area contributed by atoms with Crippen molar-refractivity contribution in [2.45, 2.75) is 25.8 Å². The van der Waals surface area contributed by atoms with E-state index in [2.05, 4.69) is 9.73 Å². The van der Waals surface area contributed by atoms with E-state index in [1.54, 1.807) is 6.92 Å². The van der Waals surface area contributed by atoms with Gasteiger partial charge >= 0.3 is 5.97 Å². The van der Waals surface area contributed by atoms with Crippen LogP contribution < -0.4 is 11.5 Å². The van der Waals surface area contributed by atoms with Crippen LogP contribution in [0.15, 0.2) is 4.99 Å². The van der Waals surface area contributed by atoms with E-state index in [1.165, 1.54) is 7.11 Å². The van der Waals surface area contributed by atoms with Gasteiger partial charge in [0, 0.05) is 6.54 Å². The SMILES string of the molecule is COC(=O)[C@@H](N)CCCN=C(C)N. The van der Waals surface area contributed by atoms with Crippen LogP contribution in [0.1, 0.15) is 19.8 Å². The van der Waals surface area contributed by atoms with Crippen molar-refractivity contribution < 1.29 is 9.53 Å². The van der Waals surface area contributed by atoms with Crippen LogP contribution in [-0.2, 0) is 9.53 Å². The minimum absolute atomic E-state index is 0.381. The number of carbonyl (C=O) groups excluding carboxylic acids is 1. The third-order valence-corrected chi connectivity index (χ3v) is 1.54. The molecule has 0 fully saturated rings. The standard InChI is InChI=1S/C8H17N3O2/c1-6(9)11-5-3-4-7(10)8(12)13-2/h7H,3-5,10H2,1-2H3,(H2,9,11)/t7-/m0/s1. The predicted octanol–water partition coefficient (Wildman–Crippen LogP) is -0.356. The molecule has 0 aromatic heterocycles. The molecule has 1 atom stereocenters. The van der Waals surface area contributed by atoms with Crippen LogP contribution in [0.3, 0.4) is 0 Å². The summed E-state index contributed by atoms with van der Waals surface area (Å²) in [5, 5.41) is 0. The first-order chi connectivity index (χ1) is 6.07. The first-order valence-corrected chi connectivity index (χ1v) is 4.18. The first-order valence-electron chi connectivity index (χ1n) is 4.18. The highest BCUT2D eigenvalue weighted by Crippen LogP contribution is 1.96. The molecule has 0 aromatic carbocycles. The van der Waals surface area contributed by atoms with Gasteiger partial charge in [-0.05, 0) is 19.8 Å². The number of rotatable bonds is 5. The Bertz CT molecular complexity index is 188. The van der Waals surface area contributed by atoms with Crippen molar-refractivity contribution in [1.29, 1.82) is 0 Å². The summed E-state index contributed by atoms with van der Waals surface area (Å²) in [6.45, 7) is 2.33. The van der Waals surface area contributed by atoms with Gasteiger partial charge in [-0.3, -0.25) is 9.79 Å². The topological polar surface area (TPSA) is 90.7 Å². The molecule has 0 unspecified atom stereocenters. The number of amidine groups is 1. The molecule has 0 rings (SSSR count). The summed E-state index contributed by atoms with van der Waals surface area (Å²) >= 11 is 0. The van der Waals surface area contributed by atoms with Crippen LogP contribution in [0.25, 0.3) is 0 Å². The van der Waals surface area contributed by atoms with Gasteiger partial charge < -0.3 is 16.2 Å². The maximum absolute atomic E-state index is 10.8. The van der Waals surface area contributed by atoms with Crippen LogP contribution in [-0.4, -0.2) is 31.5 Å². The zero-order chi connectivity index (χ0) is 10.3. The second-order valence-corrected chi connectivity index (χ2v) is 2.79. The Balaban J connectivity index is 3.53. The van der Waals surface area contributed by atoms with E-state index in [4.69, 9.17) is 11.5 Å². The fourth-order valence-corrected chi connectivity index (χ4v) is 0.836. The van der Waals surface area contributed by atoms with Gasteiger partial charge in [-0.2, -0.15) is 0 Å². The van der Waals surface area contributed by atoms with E-state index >= 15 is 0 Å². The molecule has 13 heavy (non-hydrogen) atoms. The first kappa shape index (κ1) is 11.9. The molecule has 0 aromatic rings. The highest BCUT2D eigenvalue weighted by Gasteiger charge is 2.11. The smallest absolute Gasteiger partial charge is 0.322 e. The molecule has 0 spiro atoms. The number of hydrogen-bond donors (Lipinski definition) is 2. The number of nitrogens with two attached hydrogens (primary N) is 2. The van der Waals surface area contributed by atoms with Crippen molar-refractivity contribution in [3.63, 3.8) is 0 Å². The van der Waals surface area contributed by atoms with Crippen LogP contribution in [0.5, 0.6) is 0 Å². The highest BCUT2D eigenvalue weighted by atomic mass is 16.5. The van der Waals surface area contributed by atoms with Crippen LogP contribution in [0, 0.1) is 0 Å². The molecule has 0 saturated carbocycles. The summed E-state index contributed by atoms with van der Waals surface area (Å²) in [6, 6.07) is -0.543. The maximum atomic E-state index is 10.8. The molecule has 76 valence electrons. The van der Waals surface area contributed by atoms with Gasteiger partial charge in [-0.1, -0.05) is 0 Å². The normalized spacial score (nSPS) is 13.9. The average molecular weight is 187 g/mol. The summed E-state index contributed by atoms with van der Waals surface area (Å²) in [7, 11) is 1.32. The maximum Gasteiger partial charge on any atom is 0.322 e. The molecule has 0 heterocycles. The Hall–Kier alpha value is -1.10. The molecule has 0 aliphatic rings. The summed E-state index contributed by atoms with van der Waals surface area (Å²) < 4.78 is 4.47. The molecule has 0 amide bonds. The zero-order valence-electron chi connectivity index (χ0n) is 8.12. The van der Waals surface area contributed by atoms with Gasteiger partial charge in [-0.15, -0.1) is 0 Å². The molecule has 5 nitrogen and oxygen atoms in total. The minimum atomic E-state index is -0.543. The van der Waals surface area contributed by atoms with E-state index in [0.29, 0.717) is 18.8 Å². The van der Waals surface area contributed by atoms with E-state index in [0.717, 1.165) is 6.42 Å². The van der Waals surface area contributed by atoms with Gasteiger partial charge in [0.1, 0.15) is 6.04 Å². The number of aliphatic imine (C=N–C) groups is 1. The fourth-order valence-electron chi connectivity index (χ4n) is 0.836. The average Bonchev–Trinajstić information content (AvgIpc) is 2.10. The van der Waals surface area contributed by atoms with Crippen molar-refractivity contribution in [3.05, 3.63) is 0 Å². The van der Waals surface area contributed by atoms with Gasteiger partial charge in [-0.25, -0.2) is 0 Å². The lowest BCUT2D eigenvalue weighted by molar-refractivity contribution is -0.142. The molecule has 0 aliphatic heterocycles. The van der Waals surface area contributed by atoms with Crippen LogP contribution in [0.2, 0.25) is 0 Å². The Morgan fingerprint density at radius 1 is 1.62 bits per heavy atom. The summed E-state index contributed by atoms with van der Waals surface area (Å²) in [5.74, 6) is 0.167. The quantitative estimate of drug-likeness (QED) is 0.266. The van der Waals surface area contributed by atoms with E-state index in [-0.39, 0.29) is 5.97 Å². The summed E-state index contributed by atoms with van der Waals surface area (Å²) in [5.41, 5.74) is 10.8. The van der Waals surface area contributed by atoms with E-state index < -0.39 is 6.04 Å². The number of hydrogen-bond acceptors (Lipinski definition) is 4. The van der Waals surface area contributed by atoms with E-state index in [9.17, 15) is 4.79 Å². The summed E-state index contributed by atoms with van der Waals surface area (Å²) in [4.78, 5) is 14.8. The van der Waals surface area contributed by atoms with Gasteiger partial charge in [0.05, 0.1) is 12.9 Å². The fraction of sp³-hybridized carbons (Fsp3) is 0.750. The van der Waals surface area contributed by atoms with Crippen molar-refractivity contribution in [2.24, 2.45) is 16.5 Å². The Labute approximate surface area is 78.1 Å². The minimum Gasteiger partial charge on any atom is -0.468 e. The molecule has 4 N–H and O–H groups in total. The number of nitrogens with zero attached hydrogens (tertiary/aromatic N) is 1. The molecular formula is C8H17N3O2. The number of carbonyl (C=O) groups is 1. The van der Waals surface area contributed by atoms with Crippen LogP contribution >= 0.6 is 0 Å². The predicted molar refractivity (Wildman–Crippen MR) is 51.4 cm³/mol. The highest BCUT2D eigenvalue weighted by molar-refractivity contribution is 5.77. The van der Waals surface area contributed by atoms with Gasteiger partial charge in [0.2, 0.25) is 0 Å². The van der Waals surface area contributed by atoms with Gasteiger partial charge in [0.15, 0.2) is 0 Å². The lowest BCUT2D eigenvalue weighted by Gasteiger charge is -2.07. The Kier molecular flexibility index (Phi) is 5.88. The number of esters is 1. The molecule has 5 heteroatoms. The molecular weight excluding hydrogens is 170 g/mol. The lowest BCUT2D eigenvalue weighted by Crippen LogP contribution is -2.31. The van der Waals surface area contributed by atoms with E-state index in [1.807, 2.05) is 0 Å². The van der Waals surface area contributed by atoms with Gasteiger partial charge in [0.25, 0.3) is 0 Å². The van der Waals surface area contributed by atoms with Crippen molar-refractivity contribution in [3.8, 4) is 0 Å². The second-order valence-electron chi connectivity index (χ2n) is 2.79. The van der Waals surface area contributed by atoms with Crippen molar-refractivity contribution in [2.75, 3.05) is 13.7 Å². The molecule has 0 radical (unpaired) electrons. The molecule has 0 saturated heterocycles. The largest absolute Gasteiger partial charge is 0.468 e. The lowest BCUT2D eigenvalue weighted by atomic mass is 10.2. The zero-order valence-corrected chi connectivity index (χ0v) is 8.12. The Morgan fingerprint density at radius 2 is 2.23 bits per heavy atom. The van der Waals surface area contributed by atoms with Crippen molar-refractivity contribution >= 4 is 11.8 Å². The third-order valence-electron chi connectivity index (χ3n) is 1.54. The van der Waals surface area contributed by atoms with Crippen LogP contribution in [0.4, 0.5) is 0 Å². The Morgan fingerprint density at radius 3 is 2.69 bits per heavy atom. The molecule has 0 aliphatic carbocycles. The monoisotopic (exact) mass is 187 g/mol. The second kappa shape index (κ2) is 6.42. The molecule has 0 bridgehead atoms.